The van der Waals surface area contributed by atoms with Crippen molar-refractivity contribution in [2.45, 2.75) is 46.1 Å². The van der Waals surface area contributed by atoms with Crippen LogP contribution in [0.25, 0.3) is 0 Å². The van der Waals surface area contributed by atoms with Gasteiger partial charge in [-0.3, -0.25) is 0 Å². The molecule has 1 aliphatic rings. The normalized spacial score (nSPS) is 26.2. The van der Waals surface area contributed by atoms with E-state index in [1.165, 1.54) is 12.8 Å². The van der Waals surface area contributed by atoms with Crippen LogP contribution in [0.2, 0.25) is 15.1 Å². The van der Waals surface area contributed by atoms with Crippen molar-refractivity contribution in [2.75, 3.05) is 5.32 Å². The molecule has 1 saturated carbocycles. The van der Waals surface area contributed by atoms with E-state index in [4.69, 9.17) is 34.8 Å². The number of nitrogens with one attached hydrogen (secondary N) is 1. The SMILES string of the molecule is CC1CC(C)(C)CCC1Nc1cc(Cl)c(Cl)cc1Cl. The first-order valence-electron chi connectivity index (χ1n) is 6.69. The molecule has 2 atom stereocenters. The molecule has 1 aliphatic carbocycles. The first kappa shape index (κ1) is 15.3. The summed E-state index contributed by atoms with van der Waals surface area (Å²) in [5.41, 5.74) is 1.33. The van der Waals surface area contributed by atoms with E-state index in [1.807, 2.05) is 6.07 Å². The van der Waals surface area contributed by atoms with Gasteiger partial charge in [0.25, 0.3) is 0 Å². The maximum Gasteiger partial charge on any atom is 0.0653 e. The zero-order valence-corrected chi connectivity index (χ0v) is 13.8. The highest BCUT2D eigenvalue weighted by Crippen LogP contribution is 2.41. The quantitative estimate of drug-likeness (QED) is 0.633. The minimum Gasteiger partial charge on any atom is -0.381 e. The van der Waals surface area contributed by atoms with Crippen molar-refractivity contribution in [1.82, 2.24) is 0 Å². The van der Waals surface area contributed by atoms with Crippen LogP contribution in [0.4, 0.5) is 5.69 Å². The maximum absolute atomic E-state index is 6.22. The summed E-state index contributed by atoms with van der Waals surface area (Å²) in [6, 6.07) is 3.96. The Bertz CT molecular complexity index is 471. The molecule has 4 heteroatoms. The molecule has 2 rings (SSSR count). The Morgan fingerprint density at radius 2 is 1.74 bits per heavy atom. The highest BCUT2D eigenvalue weighted by atomic mass is 35.5. The van der Waals surface area contributed by atoms with Gasteiger partial charge < -0.3 is 5.32 Å². The topological polar surface area (TPSA) is 12.0 Å². The van der Waals surface area contributed by atoms with E-state index in [2.05, 4.69) is 26.1 Å². The van der Waals surface area contributed by atoms with Crippen molar-refractivity contribution in [2.24, 2.45) is 11.3 Å². The summed E-state index contributed by atoms with van der Waals surface area (Å²) >= 11 is 18.2. The van der Waals surface area contributed by atoms with Gasteiger partial charge in [0.2, 0.25) is 0 Å². The van der Waals surface area contributed by atoms with Gasteiger partial charge in [0.1, 0.15) is 0 Å². The van der Waals surface area contributed by atoms with E-state index in [-0.39, 0.29) is 0 Å². The summed E-state index contributed by atoms with van der Waals surface area (Å²) in [7, 11) is 0. The molecule has 1 aromatic carbocycles. The van der Waals surface area contributed by atoms with Crippen molar-refractivity contribution < 1.29 is 0 Å². The minimum atomic E-state index is 0.443. The number of hydrogen-bond acceptors (Lipinski definition) is 1. The molecular formula is C15H20Cl3N. The Balaban J connectivity index is 2.12. The lowest BCUT2D eigenvalue weighted by Gasteiger charge is -2.40. The highest BCUT2D eigenvalue weighted by Gasteiger charge is 2.32. The summed E-state index contributed by atoms with van der Waals surface area (Å²) in [6.07, 6.45) is 3.61. The number of hydrogen-bond donors (Lipinski definition) is 1. The molecule has 0 spiro atoms. The van der Waals surface area contributed by atoms with Crippen molar-refractivity contribution >= 4 is 40.5 Å². The number of anilines is 1. The summed E-state index contributed by atoms with van der Waals surface area (Å²) < 4.78 is 0. The average Bonchev–Trinajstić information content (AvgIpc) is 2.28. The lowest BCUT2D eigenvalue weighted by molar-refractivity contribution is 0.177. The molecule has 0 radical (unpaired) electrons. The van der Waals surface area contributed by atoms with Gasteiger partial charge in [-0.05, 0) is 42.7 Å². The van der Waals surface area contributed by atoms with Gasteiger partial charge in [0.15, 0.2) is 0 Å². The van der Waals surface area contributed by atoms with Crippen LogP contribution >= 0.6 is 34.8 Å². The van der Waals surface area contributed by atoms with Crippen LogP contribution in [0, 0.1) is 11.3 Å². The van der Waals surface area contributed by atoms with E-state index >= 15 is 0 Å². The van der Waals surface area contributed by atoms with Crippen LogP contribution in [0.15, 0.2) is 12.1 Å². The van der Waals surface area contributed by atoms with Gasteiger partial charge in [-0.25, -0.2) is 0 Å². The Morgan fingerprint density at radius 1 is 1.11 bits per heavy atom. The van der Waals surface area contributed by atoms with Crippen molar-refractivity contribution in [3.05, 3.63) is 27.2 Å². The van der Waals surface area contributed by atoms with Crippen LogP contribution in [0.1, 0.15) is 40.0 Å². The fourth-order valence-corrected chi connectivity index (χ4v) is 3.60. The molecule has 1 aromatic rings. The van der Waals surface area contributed by atoms with Crippen LogP contribution in [-0.4, -0.2) is 6.04 Å². The summed E-state index contributed by atoms with van der Waals surface area (Å²) in [6.45, 7) is 6.97. The van der Waals surface area contributed by atoms with E-state index in [0.717, 1.165) is 12.1 Å². The molecule has 1 nitrogen and oxygen atoms in total. The molecule has 0 saturated heterocycles. The fourth-order valence-electron chi connectivity index (χ4n) is 2.99. The van der Waals surface area contributed by atoms with Crippen LogP contribution < -0.4 is 5.32 Å². The van der Waals surface area contributed by atoms with E-state index in [1.54, 1.807) is 6.07 Å². The molecule has 0 amide bonds. The van der Waals surface area contributed by atoms with Gasteiger partial charge >= 0.3 is 0 Å². The van der Waals surface area contributed by atoms with Crippen LogP contribution in [-0.2, 0) is 0 Å². The van der Waals surface area contributed by atoms with E-state index < -0.39 is 0 Å². The molecule has 106 valence electrons. The predicted octanol–water partition coefficient (Wildman–Crippen LogP) is 6.27. The smallest absolute Gasteiger partial charge is 0.0653 e. The molecule has 19 heavy (non-hydrogen) atoms. The second kappa shape index (κ2) is 5.71. The second-order valence-corrected chi connectivity index (χ2v) is 7.60. The van der Waals surface area contributed by atoms with Crippen LogP contribution in [0.3, 0.4) is 0 Å². The van der Waals surface area contributed by atoms with Gasteiger partial charge in [0.05, 0.1) is 20.8 Å². The third kappa shape index (κ3) is 3.71. The molecule has 1 N–H and O–H groups in total. The van der Waals surface area contributed by atoms with Crippen molar-refractivity contribution in [1.29, 1.82) is 0 Å². The summed E-state index contributed by atoms with van der Waals surface area (Å²) in [5.74, 6) is 0.620. The molecule has 0 heterocycles. The predicted molar refractivity (Wildman–Crippen MR) is 85.7 cm³/mol. The third-order valence-corrected chi connectivity index (χ3v) is 5.08. The molecule has 2 unspecified atom stereocenters. The van der Waals surface area contributed by atoms with Gasteiger partial charge in [0, 0.05) is 6.04 Å². The monoisotopic (exact) mass is 319 g/mol. The largest absolute Gasteiger partial charge is 0.381 e. The number of benzene rings is 1. The zero-order chi connectivity index (χ0) is 14.2. The molecule has 1 fully saturated rings. The second-order valence-electron chi connectivity index (χ2n) is 6.38. The Labute approximate surface area is 130 Å². The summed E-state index contributed by atoms with van der Waals surface area (Å²) in [5, 5.41) is 5.20. The first-order chi connectivity index (χ1) is 8.78. The Kier molecular flexibility index (Phi) is 4.59. The third-order valence-electron chi connectivity index (χ3n) is 4.04. The van der Waals surface area contributed by atoms with Gasteiger partial charge in [-0.2, -0.15) is 0 Å². The van der Waals surface area contributed by atoms with Crippen LogP contribution in [0.5, 0.6) is 0 Å². The summed E-state index contributed by atoms with van der Waals surface area (Å²) in [4.78, 5) is 0. The van der Waals surface area contributed by atoms with Crippen molar-refractivity contribution in [3.8, 4) is 0 Å². The zero-order valence-electron chi connectivity index (χ0n) is 11.6. The molecule has 0 aromatic heterocycles. The fraction of sp³-hybridized carbons (Fsp3) is 0.600. The molecule has 0 aliphatic heterocycles. The Morgan fingerprint density at radius 3 is 2.37 bits per heavy atom. The number of rotatable bonds is 2. The maximum atomic E-state index is 6.22. The highest BCUT2D eigenvalue weighted by molar-refractivity contribution is 6.44. The molecule has 0 bridgehead atoms. The number of halogens is 3. The van der Waals surface area contributed by atoms with Crippen molar-refractivity contribution in [3.63, 3.8) is 0 Å². The first-order valence-corrected chi connectivity index (χ1v) is 7.83. The van der Waals surface area contributed by atoms with Gasteiger partial charge in [-0.15, -0.1) is 0 Å². The lowest BCUT2D eigenvalue weighted by atomic mass is 9.70. The van der Waals surface area contributed by atoms with E-state index in [9.17, 15) is 0 Å². The molecular weight excluding hydrogens is 301 g/mol. The minimum absolute atomic E-state index is 0.443. The van der Waals surface area contributed by atoms with Gasteiger partial charge in [-0.1, -0.05) is 55.6 Å². The lowest BCUT2D eigenvalue weighted by Crippen LogP contribution is -2.36. The average molecular weight is 321 g/mol. The van der Waals surface area contributed by atoms with E-state index in [0.29, 0.717) is 32.4 Å². The Hall–Kier alpha value is -0.110. The standard InChI is InChI=1S/C15H20Cl3N/c1-9-8-15(2,3)5-4-13(9)19-14-7-11(17)10(16)6-12(14)18/h6-7,9,13,19H,4-5,8H2,1-3H3.